The molecule has 1 N–H and O–H groups in total. The van der Waals surface area contributed by atoms with Crippen LogP contribution in [-0.4, -0.2) is 10.9 Å². The van der Waals surface area contributed by atoms with Crippen molar-refractivity contribution in [2.75, 3.05) is 0 Å². The van der Waals surface area contributed by atoms with Gasteiger partial charge in [-0.15, -0.1) is 0 Å². The number of carbonyl (C=O) groups is 1. The standard InChI is InChI=1S/C13H13BrO2/c1-8-12(15)7-10(13(8)16)6-9-2-4-11(14)5-3-9/h2-5,10,16H,6-7H2,1H3. The van der Waals surface area contributed by atoms with Gasteiger partial charge in [0.05, 0.1) is 0 Å². The van der Waals surface area contributed by atoms with Gasteiger partial charge in [-0.2, -0.15) is 0 Å². The van der Waals surface area contributed by atoms with E-state index in [2.05, 4.69) is 15.9 Å². The zero-order chi connectivity index (χ0) is 11.7. The summed E-state index contributed by atoms with van der Waals surface area (Å²) in [6.07, 6.45) is 1.16. The van der Waals surface area contributed by atoms with Crippen LogP contribution in [0.5, 0.6) is 0 Å². The third-order valence-electron chi connectivity index (χ3n) is 3.02. The Morgan fingerprint density at radius 2 is 2.00 bits per heavy atom. The number of Topliss-reactive ketones (excluding diaryl/α,β-unsaturated/α-hetero) is 1. The Balaban J connectivity index is 2.12. The fourth-order valence-electron chi connectivity index (χ4n) is 2.00. The second-order valence-corrected chi connectivity index (χ2v) is 5.08. The molecule has 2 nitrogen and oxygen atoms in total. The molecule has 1 aliphatic carbocycles. The van der Waals surface area contributed by atoms with Crippen LogP contribution in [0.15, 0.2) is 40.1 Å². The molecule has 1 atom stereocenters. The van der Waals surface area contributed by atoms with E-state index in [4.69, 9.17) is 0 Å². The third-order valence-corrected chi connectivity index (χ3v) is 3.54. The average Bonchev–Trinajstić information content (AvgIpc) is 2.50. The lowest BCUT2D eigenvalue weighted by atomic mass is 9.98. The Bertz CT molecular complexity index is 446. The number of ketones is 1. The van der Waals surface area contributed by atoms with Crippen molar-refractivity contribution in [1.82, 2.24) is 0 Å². The van der Waals surface area contributed by atoms with Gasteiger partial charge in [0, 0.05) is 22.4 Å². The molecule has 84 valence electrons. The maximum atomic E-state index is 11.4. The van der Waals surface area contributed by atoms with Crippen LogP contribution in [-0.2, 0) is 11.2 Å². The molecule has 0 aliphatic heterocycles. The molecular formula is C13H13BrO2. The number of benzene rings is 1. The molecule has 1 aromatic rings. The zero-order valence-electron chi connectivity index (χ0n) is 9.03. The lowest BCUT2D eigenvalue weighted by Crippen LogP contribution is -2.04. The van der Waals surface area contributed by atoms with Gasteiger partial charge in [0.1, 0.15) is 5.76 Å². The molecule has 0 aromatic heterocycles. The van der Waals surface area contributed by atoms with E-state index in [0.29, 0.717) is 12.0 Å². The van der Waals surface area contributed by atoms with Crippen molar-refractivity contribution in [3.8, 4) is 0 Å². The minimum Gasteiger partial charge on any atom is -0.512 e. The van der Waals surface area contributed by atoms with Crippen LogP contribution in [0.4, 0.5) is 0 Å². The maximum absolute atomic E-state index is 11.4. The normalized spacial score (nSPS) is 20.6. The number of aliphatic hydroxyl groups excluding tert-OH is 1. The minimum absolute atomic E-state index is 0.0336. The van der Waals surface area contributed by atoms with Crippen molar-refractivity contribution in [3.05, 3.63) is 45.6 Å². The summed E-state index contributed by atoms with van der Waals surface area (Å²) in [4.78, 5) is 11.4. The van der Waals surface area contributed by atoms with E-state index in [1.54, 1.807) is 6.92 Å². The van der Waals surface area contributed by atoms with Gasteiger partial charge in [-0.25, -0.2) is 0 Å². The van der Waals surface area contributed by atoms with Crippen LogP contribution in [0.25, 0.3) is 0 Å². The van der Waals surface area contributed by atoms with Crippen molar-refractivity contribution in [3.63, 3.8) is 0 Å². The molecule has 1 aliphatic rings. The summed E-state index contributed by atoms with van der Waals surface area (Å²) in [6, 6.07) is 7.96. The zero-order valence-corrected chi connectivity index (χ0v) is 10.6. The minimum atomic E-state index is -0.0336. The van der Waals surface area contributed by atoms with Crippen molar-refractivity contribution in [1.29, 1.82) is 0 Å². The van der Waals surface area contributed by atoms with Crippen LogP contribution >= 0.6 is 15.9 Å². The molecule has 0 fully saturated rings. The van der Waals surface area contributed by atoms with Crippen molar-refractivity contribution in [2.24, 2.45) is 5.92 Å². The van der Waals surface area contributed by atoms with Crippen molar-refractivity contribution < 1.29 is 9.90 Å². The molecule has 0 amide bonds. The quantitative estimate of drug-likeness (QED) is 0.902. The summed E-state index contributed by atoms with van der Waals surface area (Å²) < 4.78 is 1.04. The van der Waals surface area contributed by atoms with Gasteiger partial charge in [-0.05, 0) is 31.0 Å². The van der Waals surface area contributed by atoms with Crippen LogP contribution in [0.3, 0.4) is 0 Å². The largest absolute Gasteiger partial charge is 0.512 e. The molecular weight excluding hydrogens is 268 g/mol. The lowest BCUT2D eigenvalue weighted by Gasteiger charge is -2.09. The summed E-state index contributed by atoms with van der Waals surface area (Å²) in [5.74, 6) is 0.307. The predicted molar refractivity (Wildman–Crippen MR) is 66.3 cm³/mol. The molecule has 0 spiro atoms. The second kappa shape index (κ2) is 4.42. The van der Waals surface area contributed by atoms with Gasteiger partial charge in [0.2, 0.25) is 0 Å². The summed E-state index contributed by atoms with van der Waals surface area (Å²) in [7, 11) is 0. The fraction of sp³-hybridized carbons (Fsp3) is 0.308. The van der Waals surface area contributed by atoms with Crippen molar-refractivity contribution in [2.45, 2.75) is 19.8 Å². The molecule has 1 unspecified atom stereocenters. The number of aliphatic hydroxyl groups is 1. The van der Waals surface area contributed by atoms with E-state index in [1.165, 1.54) is 0 Å². The van der Waals surface area contributed by atoms with Gasteiger partial charge in [0.15, 0.2) is 5.78 Å². The number of carbonyl (C=O) groups excluding carboxylic acids is 1. The highest BCUT2D eigenvalue weighted by Crippen LogP contribution is 2.30. The smallest absolute Gasteiger partial charge is 0.162 e. The topological polar surface area (TPSA) is 37.3 Å². The Morgan fingerprint density at radius 3 is 2.50 bits per heavy atom. The summed E-state index contributed by atoms with van der Waals surface area (Å²) in [5.41, 5.74) is 1.67. The number of halogens is 1. The van der Waals surface area contributed by atoms with Crippen LogP contribution in [0, 0.1) is 5.92 Å². The summed E-state index contributed by atoms with van der Waals surface area (Å²) >= 11 is 3.38. The first-order valence-electron chi connectivity index (χ1n) is 5.25. The Hall–Kier alpha value is -1.09. The first kappa shape index (κ1) is 11.4. The number of hydrogen-bond donors (Lipinski definition) is 1. The van der Waals surface area contributed by atoms with Gasteiger partial charge >= 0.3 is 0 Å². The molecule has 3 heteroatoms. The average molecular weight is 281 g/mol. The van der Waals surface area contributed by atoms with Crippen molar-refractivity contribution >= 4 is 21.7 Å². The molecule has 2 rings (SSSR count). The molecule has 0 bridgehead atoms. The highest BCUT2D eigenvalue weighted by Gasteiger charge is 2.29. The fourth-order valence-corrected chi connectivity index (χ4v) is 2.26. The molecule has 0 saturated carbocycles. The summed E-state index contributed by atoms with van der Waals surface area (Å²) in [6.45, 7) is 1.69. The van der Waals surface area contributed by atoms with Gasteiger partial charge < -0.3 is 5.11 Å². The third kappa shape index (κ3) is 2.19. The van der Waals surface area contributed by atoms with E-state index < -0.39 is 0 Å². The lowest BCUT2D eigenvalue weighted by molar-refractivity contribution is -0.115. The number of rotatable bonds is 2. The molecule has 16 heavy (non-hydrogen) atoms. The Labute approximate surface area is 103 Å². The van der Waals surface area contributed by atoms with E-state index >= 15 is 0 Å². The van der Waals surface area contributed by atoms with E-state index in [9.17, 15) is 9.90 Å². The molecule has 0 heterocycles. The van der Waals surface area contributed by atoms with E-state index in [0.717, 1.165) is 16.5 Å². The molecule has 0 radical (unpaired) electrons. The monoisotopic (exact) mass is 280 g/mol. The first-order valence-corrected chi connectivity index (χ1v) is 6.04. The number of allylic oxidation sites excluding steroid dienone is 2. The van der Waals surface area contributed by atoms with Crippen LogP contribution in [0.2, 0.25) is 0 Å². The van der Waals surface area contributed by atoms with E-state index in [1.807, 2.05) is 24.3 Å². The Morgan fingerprint density at radius 1 is 1.38 bits per heavy atom. The summed E-state index contributed by atoms with van der Waals surface area (Å²) in [5, 5.41) is 9.79. The van der Waals surface area contributed by atoms with Gasteiger partial charge in [0.25, 0.3) is 0 Å². The maximum Gasteiger partial charge on any atom is 0.162 e. The highest BCUT2D eigenvalue weighted by atomic mass is 79.9. The second-order valence-electron chi connectivity index (χ2n) is 4.17. The van der Waals surface area contributed by atoms with Gasteiger partial charge in [-0.1, -0.05) is 28.1 Å². The predicted octanol–water partition coefficient (Wildman–Crippen LogP) is 3.41. The Kier molecular flexibility index (Phi) is 3.15. The highest BCUT2D eigenvalue weighted by molar-refractivity contribution is 9.10. The first-order chi connectivity index (χ1) is 7.58. The van der Waals surface area contributed by atoms with Crippen LogP contribution < -0.4 is 0 Å². The van der Waals surface area contributed by atoms with Gasteiger partial charge in [-0.3, -0.25) is 4.79 Å². The molecule has 0 saturated heterocycles. The number of hydrogen-bond acceptors (Lipinski definition) is 2. The van der Waals surface area contributed by atoms with E-state index in [-0.39, 0.29) is 17.5 Å². The SMILES string of the molecule is CC1=C(O)C(Cc2ccc(Br)cc2)CC1=O. The van der Waals surface area contributed by atoms with Crippen LogP contribution in [0.1, 0.15) is 18.9 Å². The molecule has 1 aromatic carbocycles.